The second-order valence-corrected chi connectivity index (χ2v) is 11.0. The van der Waals surface area contributed by atoms with Gasteiger partial charge in [-0.25, -0.2) is 9.29 Å². The van der Waals surface area contributed by atoms with Crippen LogP contribution in [0.2, 0.25) is 0 Å². The van der Waals surface area contributed by atoms with Gasteiger partial charge in [0.15, 0.2) is 11.5 Å². The molecule has 2 aliphatic heterocycles. The van der Waals surface area contributed by atoms with Gasteiger partial charge in [0.1, 0.15) is 11.1 Å². The number of carbonyl (C=O) groups excluding carboxylic acids is 2. The Morgan fingerprint density at radius 2 is 1.80 bits per heavy atom. The van der Waals surface area contributed by atoms with E-state index in [1.807, 2.05) is 19.9 Å². The van der Waals surface area contributed by atoms with Crippen molar-refractivity contribution in [1.29, 1.82) is 0 Å². The summed E-state index contributed by atoms with van der Waals surface area (Å²) >= 11 is 2.24. The molecule has 1 fully saturated rings. The van der Waals surface area contributed by atoms with Crippen molar-refractivity contribution in [1.82, 2.24) is 4.98 Å². The molecule has 2 aromatic carbocycles. The van der Waals surface area contributed by atoms with Crippen molar-refractivity contribution in [3.63, 3.8) is 0 Å². The standard InChI is InChI=1S/C25H23FN2O5S2/c1-12(2)11-33-16-9-4-13(10-17(16)32-3)18-19-21(34-22-20(18)35-25(31)27-22)24(30)28(23(19)29)15-7-5-14(26)6-8-15/h4-10,12,18-19,21H,11H2,1-3H3,(H,27,31). The third kappa shape index (κ3) is 4.14. The number of ether oxygens (including phenoxy) is 2. The second kappa shape index (κ2) is 9.16. The predicted molar refractivity (Wildman–Crippen MR) is 132 cm³/mol. The van der Waals surface area contributed by atoms with Crippen LogP contribution in [0, 0.1) is 17.7 Å². The van der Waals surface area contributed by atoms with Gasteiger partial charge in [-0.1, -0.05) is 43.0 Å². The molecule has 3 unspecified atom stereocenters. The van der Waals surface area contributed by atoms with Crippen LogP contribution in [-0.4, -0.2) is 35.8 Å². The molecule has 3 atom stereocenters. The van der Waals surface area contributed by atoms with Crippen LogP contribution in [0.4, 0.5) is 10.1 Å². The zero-order valence-corrected chi connectivity index (χ0v) is 20.9. The number of hydrogen-bond donors (Lipinski definition) is 1. The summed E-state index contributed by atoms with van der Waals surface area (Å²) in [6.07, 6.45) is 0. The van der Waals surface area contributed by atoms with Crippen molar-refractivity contribution in [2.24, 2.45) is 11.8 Å². The molecule has 2 amide bonds. The fourth-order valence-electron chi connectivity index (χ4n) is 4.47. The van der Waals surface area contributed by atoms with Gasteiger partial charge >= 0.3 is 4.87 Å². The maximum Gasteiger partial charge on any atom is 0.305 e. The number of methoxy groups -OCH3 is 1. The first-order valence-corrected chi connectivity index (χ1v) is 12.8. The molecule has 0 aliphatic carbocycles. The van der Waals surface area contributed by atoms with Crippen molar-refractivity contribution in [3.8, 4) is 11.5 Å². The number of nitrogens with zero attached hydrogens (tertiary/aromatic N) is 1. The number of aromatic amines is 1. The second-order valence-electron chi connectivity index (χ2n) is 8.85. The first-order chi connectivity index (χ1) is 16.8. The number of H-pyrrole nitrogens is 1. The van der Waals surface area contributed by atoms with Crippen molar-refractivity contribution in [2.75, 3.05) is 18.6 Å². The molecule has 0 bridgehead atoms. The Morgan fingerprint density at radius 3 is 2.49 bits per heavy atom. The maximum atomic E-state index is 13.7. The van der Waals surface area contributed by atoms with E-state index in [1.54, 1.807) is 19.2 Å². The van der Waals surface area contributed by atoms with Crippen LogP contribution in [0.15, 0.2) is 52.3 Å². The van der Waals surface area contributed by atoms with Crippen molar-refractivity contribution < 1.29 is 23.5 Å². The Kier molecular flexibility index (Phi) is 6.18. The normalized spacial score (nSPS) is 21.3. The Bertz CT molecular complexity index is 1350. The summed E-state index contributed by atoms with van der Waals surface area (Å²) in [4.78, 5) is 43.8. The molecular formula is C25H23FN2O5S2. The topological polar surface area (TPSA) is 88.7 Å². The predicted octanol–water partition coefficient (Wildman–Crippen LogP) is 4.41. The van der Waals surface area contributed by atoms with Gasteiger partial charge in [-0.05, 0) is 47.9 Å². The highest BCUT2D eigenvalue weighted by Crippen LogP contribution is 2.53. The molecule has 7 nitrogen and oxygen atoms in total. The molecule has 3 aromatic rings. The molecular weight excluding hydrogens is 491 g/mol. The number of benzene rings is 2. The zero-order chi connectivity index (χ0) is 24.9. The van der Waals surface area contributed by atoms with Crippen molar-refractivity contribution >= 4 is 40.6 Å². The number of rotatable bonds is 6. The highest BCUT2D eigenvalue weighted by molar-refractivity contribution is 8.00. The van der Waals surface area contributed by atoms with Crippen LogP contribution in [0.25, 0.3) is 0 Å². The number of hydrogen-bond acceptors (Lipinski definition) is 7. The first kappa shape index (κ1) is 23.6. The molecule has 1 saturated heterocycles. The first-order valence-electron chi connectivity index (χ1n) is 11.1. The Balaban J connectivity index is 1.59. The van der Waals surface area contributed by atoms with E-state index in [1.165, 1.54) is 36.0 Å². The minimum absolute atomic E-state index is 0.244. The van der Waals surface area contributed by atoms with Crippen LogP contribution in [0.5, 0.6) is 11.5 Å². The minimum atomic E-state index is -0.733. The molecule has 5 rings (SSSR count). The van der Waals surface area contributed by atoms with Crippen molar-refractivity contribution in [2.45, 2.75) is 30.0 Å². The van der Waals surface area contributed by atoms with E-state index in [-0.39, 0.29) is 16.7 Å². The molecule has 1 aromatic heterocycles. The van der Waals surface area contributed by atoms with Gasteiger partial charge < -0.3 is 14.5 Å². The van der Waals surface area contributed by atoms with Crippen LogP contribution >= 0.6 is 23.1 Å². The summed E-state index contributed by atoms with van der Waals surface area (Å²) in [7, 11) is 1.54. The SMILES string of the molecule is COc1cc(C2c3sc(=O)[nH]c3SC3C(=O)N(c4ccc(F)cc4)C(=O)C32)ccc1OCC(C)C. The lowest BCUT2D eigenvalue weighted by Crippen LogP contribution is -2.32. The summed E-state index contributed by atoms with van der Waals surface area (Å²) in [5.74, 6) is -1.07. The fourth-order valence-corrected chi connectivity index (χ4v) is 6.99. The van der Waals surface area contributed by atoms with Gasteiger partial charge in [-0.15, -0.1) is 0 Å². The highest BCUT2D eigenvalue weighted by atomic mass is 32.2. The van der Waals surface area contributed by atoms with E-state index < -0.39 is 22.9 Å². The quantitative estimate of drug-likeness (QED) is 0.490. The van der Waals surface area contributed by atoms with E-state index in [0.717, 1.165) is 21.8 Å². The molecule has 10 heteroatoms. The fraction of sp³-hybridized carbons (Fsp3) is 0.320. The molecule has 0 saturated carbocycles. The lowest BCUT2D eigenvalue weighted by molar-refractivity contribution is -0.122. The van der Waals surface area contributed by atoms with Crippen LogP contribution in [0.3, 0.4) is 0 Å². The van der Waals surface area contributed by atoms with E-state index in [9.17, 15) is 18.8 Å². The van der Waals surface area contributed by atoms with Crippen LogP contribution in [-0.2, 0) is 9.59 Å². The summed E-state index contributed by atoms with van der Waals surface area (Å²) in [6.45, 7) is 4.61. The lowest BCUT2D eigenvalue weighted by atomic mass is 9.83. The van der Waals surface area contributed by atoms with Crippen LogP contribution < -0.4 is 19.2 Å². The number of fused-ring (bicyclic) bond motifs is 2. The molecule has 0 spiro atoms. The van der Waals surface area contributed by atoms with Crippen molar-refractivity contribution in [3.05, 3.63) is 68.4 Å². The highest BCUT2D eigenvalue weighted by Gasteiger charge is 2.56. The number of imide groups is 1. The number of carbonyl (C=O) groups is 2. The number of anilines is 1. The van der Waals surface area contributed by atoms with E-state index in [0.29, 0.717) is 39.6 Å². The van der Waals surface area contributed by atoms with Gasteiger partial charge in [-0.3, -0.25) is 14.4 Å². The third-order valence-corrected chi connectivity index (χ3v) is 8.43. The lowest BCUT2D eigenvalue weighted by Gasteiger charge is -2.30. The molecule has 3 heterocycles. The minimum Gasteiger partial charge on any atom is -0.493 e. The number of aromatic nitrogens is 1. The number of nitrogens with one attached hydrogen (secondary N) is 1. The monoisotopic (exact) mass is 514 g/mol. The van der Waals surface area contributed by atoms with Gasteiger partial charge in [0.25, 0.3) is 0 Å². The Labute approximate surface area is 209 Å². The van der Waals surface area contributed by atoms with E-state index >= 15 is 0 Å². The molecule has 0 radical (unpaired) electrons. The molecule has 1 N–H and O–H groups in total. The smallest absolute Gasteiger partial charge is 0.305 e. The third-order valence-electron chi connectivity index (χ3n) is 6.03. The number of halogens is 1. The summed E-state index contributed by atoms with van der Waals surface area (Å²) in [6, 6.07) is 10.7. The Hall–Kier alpha value is -3.11. The summed E-state index contributed by atoms with van der Waals surface area (Å²) < 4.78 is 24.9. The molecule has 35 heavy (non-hydrogen) atoms. The maximum absolute atomic E-state index is 13.7. The largest absolute Gasteiger partial charge is 0.493 e. The van der Waals surface area contributed by atoms with E-state index in [4.69, 9.17) is 9.47 Å². The van der Waals surface area contributed by atoms with Gasteiger partial charge in [-0.2, -0.15) is 0 Å². The number of thiazole rings is 1. The van der Waals surface area contributed by atoms with E-state index in [2.05, 4.69) is 4.98 Å². The average Bonchev–Trinajstić information content (AvgIpc) is 3.32. The van der Waals surface area contributed by atoms with Crippen LogP contribution in [0.1, 0.15) is 30.2 Å². The Morgan fingerprint density at radius 1 is 1.06 bits per heavy atom. The van der Waals surface area contributed by atoms with Gasteiger partial charge in [0.2, 0.25) is 11.8 Å². The zero-order valence-electron chi connectivity index (χ0n) is 19.2. The number of thioether (sulfide) groups is 1. The van der Waals surface area contributed by atoms with Gasteiger partial charge in [0.05, 0.1) is 30.3 Å². The summed E-state index contributed by atoms with van der Waals surface area (Å²) in [5.41, 5.74) is 1.06. The average molecular weight is 515 g/mol. The van der Waals surface area contributed by atoms with Gasteiger partial charge in [0, 0.05) is 10.8 Å². The summed E-state index contributed by atoms with van der Waals surface area (Å²) in [5, 5.41) is -0.134. The molecule has 2 aliphatic rings. The number of amides is 2. The molecule has 182 valence electrons.